The minimum Gasteiger partial charge on any atom is -0.385 e. The van der Waals surface area contributed by atoms with Crippen molar-refractivity contribution in [3.8, 4) is 0 Å². The highest BCUT2D eigenvalue weighted by molar-refractivity contribution is 5.56. The molecule has 94 valence electrons. The monoisotopic (exact) mass is 233 g/mol. The molecule has 1 aromatic rings. The molecule has 0 amide bonds. The zero-order chi connectivity index (χ0) is 12.3. The molecule has 1 unspecified atom stereocenters. The van der Waals surface area contributed by atoms with E-state index in [4.69, 9.17) is 4.74 Å². The first kappa shape index (κ1) is 12.4. The molecule has 2 rings (SSSR count). The van der Waals surface area contributed by atoms with Gasteiger partial charge in [0.15, 0.2) is 0 Å². The molecule has 2 heteroatoms. The van der Waals surface area contributed by atoms with E-state index in [0.29, 0.717) is 11.8 Å². The van der Waals surface area contributed by atoms with Crippen molar-refractivity contribution >= 4 is 5.69 Å². The molecule has 1 aliphatic heterocycles. The Morgan fingerprint density at radius 3 is 2.94 bits per heavy atom. The van der Waals surface area contributed by atoms with E-state index in [2.05, 4.69) is 37.4 Å². The van der Waals surface area contributed by atoms with Gasteiger partial charge in [-0.2, -0.15) is 0 Å². The molecule has 0 saturated heterocycles. The topological polar surface area (TPSA) is 21.3 Å². The first-order valence-electron chi connectivity index (χ1n) is 6.59. The van der Waals surface area contributed by atoms with E-state index < -0.39 is 0 Å². The van der Waals surface area contributed by atoms with Crippen LogP contribution in [0.1, 0.15) is 49.7 Å². The van der Waals surface area contributed by atoms with Crippen molar-refractivity contribution in [2.45, 2.75) is 38.5 Å². The second kappa shape index (κ2) is 5.54. The van der Waals surface area contributed by atoms with Crippen LogP contribution in [-0.4, -0.2) is 20.3 Å². The van der Waals surface area contributed by atoms with Gasteiger partial charge >= 0.3 is 0 Å². The van der Waals surface area contributed by atoms with E-state index in [1.54, 1.807) is 7.11 Å². The lowest BCUT2D eigenvalue weighted by Gasteiger charge is -2.27. The summed E-state index contributed by atoms with van der Waals surface area (Å²) in [5, 5.41) is 3.49. The van der Waals surface area contributed by atoms with Crippen molar-refractivity contribution in [1.29, 1.82) is 0 Å². The summed E-state index contributed by atoms with van der Waals surface area (Å²) in [4.78, 5) is 0. The van der Waals surface area contributed by atoms with Crippen molar-refractivity contribution in [2.75, 3.05) is 25.6 Å². The van der Waals surface area contributed by atoms with Crippen molar-refractivity contribution in [3.63, 3.8) is 0 Å². The van der Waals surface area contributed by atoms with Gasteiger partial charge in [-0.25, -0.2) is 0 Å². The Morgan fingerprint density at radius 2 is 2.24 bits per heavy atom. The Bertz CT molecular complexity index is 373. The van der Waals surface area contributed by atoms with E-state index in [1.807, 2.05) is 0 Å². The first-order valence-corrected chi connectivity index (χ1v) is 6.59. The molecule has 1 heterocycles. The molecule has 1 atom stereocenters. The third-order valence-electron chi connectivity index (χ3n) is 3.66. The number of hydrogen-bond donors (Lipinski definition) is 1. The molecule has 17 heavy (non-hydrogen) atoms. The highest BCUT2D eigenvalue weighted by Crippen LogP contribution is 2.35. The lowest BCUT2D eigenvalue weighted by molar-refractivity contribution is 0.186. The van der Waals surface area contributed by atoms with Crippen LogP contribution in [0.3, 0.4) is 0 Å². The van der Waals surface area contributed by atoms with E-state index in [1.165, 1.54) is 23.2 Å². The average molecular weight is 233 g/mol. The molecule has 1 aliphatic rings. The number of hydrogen-bond acceptors (Lipinski definition) is 2. The van der Waals surface area contributed by atoms with E-state index in [9.17, 15) is 0 Å². The third kappa shape index (κ3) is 2.81. The lowest BCUT2D eigenvalue weighted by Crippen LogP contribution is -2.18. The predicted molar refractivity (Wildman–Crippen MR) is 72.9 cm³/mol. The number of rotatable bonds is 4. The Labute approximate surface area is 104 Å². The smallest absolute Gasteiger partial charge is 0.0468 e. The second-order valence-electron chi connectivity index (χ2n) is 5.20. The molecule has 2 nitrogen and oxygen atoms in total. The van der Waals surface area contributed by atoms with Gasteiger partial charge in [0.25, 0.3) is 0 Å². The Morgan fingerprint density at radius 1 is 1.41 bits per heavy atom. The number of ether oxygens (including phenoxy) is 1. The van der Waals surface area contributed by atoms with Gasteiger partial charge in [0.05, 0.1) is 0 Å². The molecule has 1 aromatic carbocycles. The number of methoxy groups -OCH3 is 1. The summed E-state index contributed by atoms with van der Waals surface area (Å²) < 4.78 is 5.22. The SMILES string of the molecule is COCCC1CCNc2ccc(C(C)C)cc21. The van der Waals surface area contributed by atoms with Gasteiger partial charge < -0.3 is 10.1 Å². The third-order valence-corrected chi connectivity index (χ3v) is 3.66. The molecule has 0 fully saturated rings. The normalized spacial score (nSPS) is 18.9. The largest absolute Gasteiger partial charge is 0.385 e. The van der Waals surface area contributed by atoms with E-state index >= 15 is 0 Å². The zero-order valence-electron chi connectivity index (χ0n) is 11.1. The maximum Gasteiger partial charge on any atom is 0.0468 e. The second-order valence-corrected chi connectivity index (χ2v) is 5.20. The zero-order valence-corrected chi connectivity index (χ0v) is 11.1. The van der Waals surface area contributed by atoms with Gasteiger partial charge in [0.1, 0.15) is 0 Å². The van der Waals surface area contributed by atoms with Crippen LogP contribution in [0.25, 0.3) is 0 Å². The highest BCUT2D eigenvalue weighted by atomic mass is 16.5. The van der Waals surface area contributed by atoms with Gasteiger partial charge in [0.2, 0.25) is 0 Å². The van der Waals surface area contributed by atoms with Crippen molar-refractivity contribution < 1.29 is 4.74 Å². The van der Waals surface area contributed by atoms with Crippen LogP contribution < -0.4 is 5.32 Å². The van der Waals surface area contributed by atoms with Crippen LogP contribution in [0.15, 0.2) is 18.2 Å². The van der Waals surface area contributed by atoms with Crippen LogP contribution in [0.2, 0.25) is 0 Å². The molecular weight excluding hydrogens is 210 g/mol. The molecule has 0 spiro atoms. The molecule has 0 aliphatic carbocycles. The van der Waals surface area contributed by atoms with Crippen LogP contribution >= 0.6 is 0 Å². The summed E-state index contributed by atoms with van der Waals surface area (Å²) in [6, 6.07) is 6.87. The summed E-state index contributed by atoms with van der Waals surface area (Å²) in [5.41, 5.74) is 4.25. The van der Waals surface area contributed by atoms with E-state index in [0.717, 1.165) is 19.6 Å². The molecule has 0 aromatic heterocycles. The fourth-order valence-electron chi connectivity index (χ4n) is 2.54. The van der Waals surface area contributed by atoms with Gasteiger partial charge in [-0.1, -0.05) is 26.0 Å². The lowest BCUT2D eigenvalue weighted by atomic mass is 9.86. The number of nitrogens with one attached hydrogen (secondary N) is 1. The quantitative estimate of drug-likeness (QED) is 0.855. The molecular formula is C15H23NO. The van der Waals surface area contributed by atoms with Crippen LogP contribution in [-0.2, 0) is 4.74 Å². The first-order chi connectivity index (χ1) is 8.22. The minimum atomic E-state index is 0.602. The number of benzene rings is 1. The summed E-state index contributed by atoms with van der Waals surface area (Å²) in [6.45, 7) is 6.45. The van der Waals surface area contributed by atoms with Gasteiger partial charge in [0, 0.05) is 25.9 Å². The summed E-state index contributed by atoms with van der Waals surface area (Å²) >= 11 is 0. The van der Waals surface area contributed by atoms with Crippen molar-refractivity contribution in [3.05, 3.63) is 29.3 Å². The fraction of sp³-hybridized carbons (Fsp3) is 0.600. The maximum atomic E-state index is 5.22. The number of anilines is 1. The highest BCUT2D eigenvalue weighted by Gasteiger charge is 2.20. The number of fused-ring (bicyclic) bond motifs is 1. The van der Waals surface area contributed by atoms with Crippen LogP contribution in [0.4, 0.5) is 5.69 Å². The Balaban J connectivity index is 2.24. The fourth-order valence-corrected chi connectivity index (χ4v) is 2.54. The summed E-state index contributed by atoms with van der Waals surface area (Å²) in [5.74, 6) is 1.26. The molecule has 1 N–H and O–H groups in total. The molecule has 0 saturated carbocycles. The Hall–Kier alpha value is -1.02. The van der Waals surface area contributed by atoms with Gasteiger partial charge in [-0.3, -0.25) is 0 Å². The van der Waals surface area contributed by atoms with E-state index in [-0.39, 0.29) is 0 Å². The van der Waals surface area contributed by atoms with Crippen LogP contribution in [0.5, 0.6) is 0 Å². The van der Waals surface area contributed by atoms with Crippen molar-refractivity contribution in [2.24, 2.45) is 0 Å². The summed E-state index contributed by atoms with van der Waals surface area (Å²) in [7, 11) is 1.78. The Kier molecular flexibility index (Phi) is 4.06. The predicted octanol–water partition coefficient (Wildman–Crippen LogP) is 3.75. The van der Waals surface area contributed by atoms with Gasteiger partial charge in [-0.15, -0.1) is 0 Å². The molecule has 0 bridgehead atoms. The minimum absolute atomic E-state index is 0.602. The average Bonchev–Trinajstić information content (AvgIpc) is 2.35. The maximum absolute atomic E-state index is 5.22. The van der Waals surface area contributed by atoms with Gasteiger partial charge in [-0.05, 0) is 41.9 Å². The van der Waals surface area contributed by atoms with Crippen LogP contribution in [0, 0.1) is 0 Å². The van der Waals surface area contributed by atoms with Crippen molar-refractivity contribution in [1.82, 2.24) is 0 Å². The molecule has 0 radical (unpaired) electrons. The summed E-state index contributed by atoms with van der Waals surface area (Å²) in [6.07, 6.45) is 2.35. The standard InChI is InChI=1S/C15H23NO/c1-11(2)13-4-5-15-14(10-13)12(6-8-16-15)7-9-17-3/h4-5,10-12,16H,6-9H2,1-3H3.